The first-order valence-corrected chi connectivity index (χ1v) is 9.37. The molecule has 3 heterocycles. The first-order chi connectivity index (χ1) is 13.7. The number of aryl methyl sites for hydroxylation is 1. The van der Waals surface area contributed by atoms with Crippen LogP contribution in [0.25, 0.3) is 11.3 Å². The Morgan fingerprint density at radius 2 is 2.18 bits per heavy atom. The van der Waals surface area contributed by atoms with Gasteiger partial charge in [-0.3, -0.25) is 4.79 Å². The van der Waals surface area contributed by atoms with Crippen LogP contribution in [0.2, 0.25) is 0 Å². The van der Waals surface area contributed by atoms with Crippen molar-refractivity contribution in [2.45, 2.75) is 26.0 Å². The molecule has 0 aliphatic carbocycles. The number of nitriles is 1. The Hall–Kier alpha value is -2.82. The summed E-state index contributed by atoms with van der Waals surface area (Å²) in [6.07, 6.45) is 0.609. The molecule has 7 nitrogen and oxygen atoms in total. The normalized spacial score (nSPS) is 17.9. The van der Waals surface area contributed by atoms with Gasteiger partial charge in [-0.1, -0.05) is 0 Å². The lowest BCUT2D eigenvalue weighted by Gasteiger charge is -2.26. The van der Waals surface area contributed by atoms with Crippen molar-refractivity contribution in [2.75, 3.05) is 33.0 Å². The van der Waals surface area contributed by atoms with Gasteiger partial charge in [0, 0.05) is 23.7 Å². The summed E-state index contributed by atoms with van der Waals surface area (Å²) in [5.41, 5.74) is 3.80. The molecule has 0 spiro atoms. The van der Waals surface area contributed by atoms with Crippen LogP contribution in [0.15, 0.2) is 29.1 Å². The fourth-order valence-electron chi connectivity index (χ4n) is 3.71. The van der Waals surface area contributed by atoms with Crippen LogP contribution in [-0.4, -0.2) is 43.7 Å². The van der Waals surface area contributed by atoms with Crippen LogP contribution in [0, 0.1) is 18.3 Å². The number of pyridine rings is 1. The molecular formula is C21H22N2O5. The van der Waals surface area contributed by atoms with Gasteiger partial charge in [-0.25, -0.2) is 0 Å². The minimum Gasteiger partial charge on any atom is -0.490 e. The first kappa shape index (κ1) is 18.5. The fourth-order valence-corrected chi connectivity index (χ4v) is 3.71. The third-order valence-corrected chi connectivity index (χ3v) is 5.06. The molecule has 0 N–H and O–H groups in total. The lowest BCUT2D eigenvalue weighted by Crippen LogP contribution is -2.34. The van der Waals surface area contributed by atoms with Gasteiger partial charge in [0.15, 0.2) is 6.61 Å². The average molecular weight is 382 g/mol. The van der Waals surface area contributed by atoms with Gasteiger partial charge in [0.05, 0.1) is 25.5 Å². The number of nitrogens with zero attached hydrogens (tertiary/aromatic N) is 2. The molecule has 1 saturated heterocycles. The topological polar surface area (TPSA) is 82.7 Å². The maximum absolute atomic E-state index is 12.7. The summed E-state index contributed by atoms with van der Waals surface area (Å²) >= 11 is 0. The summed E-state index contributed by atoms with van der Waals surface area (Å²) in [5.74, 6) is 1.23. The highest BCUT2D eigenvalue weighted by Crippen LogP contribution is 2.36. The smallest absolute Gasteiger partial charge is 0.254 e. The van der Waals surface area contributed by atoms with E-state index in [0.717, 1.165) is 28.8 Å². The highest BCUT2D eigenvalue weighted by Gasteiger charge is 2.23. The van der Waals surface area contributed by atoms with E-state index in [4.69, 9.17) is 24.2 Å². The van der Waals surface area contributed by atoms with Gasteiger partial charge in [0.1, 0.15) is 30.3 Å². The van der Waals surface area contributed by atoms with Crippen LogP contribution >= 0.6 is 0 Å². The zero-order chi connectivity index (χ0) is 19.5. The lowest BCUT2D eigenvalue weighted by atomic mass is 9.94. The minimum absolute atomic E-state index is 0.0127. The van der Waals surface area contributed by atoms with E-state index in [-0.39, 0.29) is 18.3 Å². The summed E-state index contributed by atoms with van der Waals surface area (Å²) in [6.45, 7) is 4.58. The highest BCUT2D eigenvalue weighted by atomic mass is 16.6. The first-order valence-electron chi connectivity index (χ1n) is 9.37. The Morgan fingerprint density at radius 3 is 2.96 bits per heavy atom. The SMILES string of the molecule is Cc1c(OCC2COCCO2)cc(=O)n2c1-c1ccc(OCC#N)cc1CC2. The van der Waals surface area contributed by atoms with Crippen molar-refractivity contribution in [1.82, 2.24) is 4.57 Å². The second kappa shape index (κ2) is 8.05. The van der Waals surface area contributed by atoms with Gasteiger partial charge in [0.25, 0.3) is 5.56 Å². The van der Waals surface area contributed by atoms with Crippen LogP contribution in [0.4, 0.5) is 0 Å². The third kappa shape index (κ3) is 3.61. The maximum Gasteiger partial charge on any atom is 0.254 e. The lowest BCUT2D eigenvalue weighted by molar-refractivity contribution is -0.101. The van der Waals surface area contributed by atoms with Gasteiger partial charge in [-0.2, -0.15) is 5.26 Å². The van der Waals surface area contributed by atoms with Crippen LogP contribution in [-0.2, 0) is 22.4 Å². The monoisotopic (exact) mass is 382 g/mol. The predicted octanol–water partition coefficient (Wildman–Crippen LogP) is 2.08. The average Bonchev–Trinajstić information content (AvgIpc) is 2.73. The molecule has 146 valence electrons. The quantitative estimate of drug-likeness (QED) is 0.787. The summed E-state index contributed by atoms with van der Waals surface area (Å²) < 4.78 is 24.2. The van der Waals surface area contributed by atoms with E-state index in [9.17, 15) is 4.79 Å². The highest BCUT2D eigenvalue weighted by molar-refractivity contribution is 5.71. The van der Waals surface area contributed by atoms with Crippen LogP contribution in [0.5, 0.6) is 11.5 Å². The third-order valence-electron chi connectivity index (χ3n) is 5.06. The number of ether oxygens (including phenoxy) is 4. The molecule has 1 unspecified atom stereocenters. The zero-order valence-corrected chi connectivity index (χ0v) is 15.8. The number of benzene rings is 1. The van der Waals surface area contributed by atoms with Gasteiger partial charge < -0.3 is 23.5 Å². The van der Waals surface area contributed by atoms with Crippen LogP contribution < -0.4 is 15.0 Å². The Balaban J connectivity index is 1.64. The van der Waals surface area contributed by atoms with Crippen LogP contribution in [0.3, 0.4) is 0 Å². The molecule has 1 aromatic carbocycles. The van der Waals surface area contributed by atoms with Crippen molar-refractivity contribution in [3.05, 3.63) is 45.7 Å². The van der Waals surface area contributed by atoms with Crippen molar-refractivity contribution in [1.29, 1.82) is 5.26 Å². The summed E-state index contributed by atoms with van der Waals surface area (Å²) in [5, 5.41) is 8.69. The number of hydrogen-bond donors (Lipinski definition) is 0. The van der Waals surface area contributed by atoms with E-state index in [1.165, 1.54) is 0 Å². The van der Waals surface area contributed by atoms with Gasteiger partial charge in [-0.05, 0) is 37.1 Å². The number of rotatable bonds is 5. The molecular weight excluding hydrogens is 360 g/mol. The second-order valence-electron chi connectivity index (χ2n) is 6.87. The molecule has 0 saturated carbocycles. The standard InChI is InChI=1S/C21H22N2O5/c1-14-19(28-13-17-12-25-8-9-27-17)11-20(24)23-6-4-15-10-16(26-7-5-22)2-3-18(15)21(14)23/h2-3,10-11,17H,4,6-9,12-13H2,1H3. The maximum atomic E-state index is 12.7. The summed E-state index contributed by atoms with van der Waals surface area (Å²) in [6, 6.07) is 9.25. The number of fused-ring (bicyclic) bond motifs is 3. The van der Waals surface area contributed by atoms with Crippen molar-refractivity contribution in [3.63, 3.8) is 0 Å². The van der Waals surface area contributed by atoms with E-state index >= 15 is 0 Å². The molecule has 7 heteroatoms. The van der Waals surface area contributed by atoms with E-state index in [1.807, 2.05) is 31.2 Å². The Morgan fingerprint density at radius 1 is 1.29 bits per heavy atom. The Labute approximate surface area is 163 Å². The molecule has 1 aromatic heterocycles. The summed E-state index contributed by atoms with van der Waals surface area (Å²) in [7, 11) is 0. The molecule has 28 heavy (non-hydrogen) atoms. The predicted molar refractivity (Wildman–Crippen MR) is 102 cm³/mol. The van der Waals surface area contributed by atoms with Crippen molar-refractivity contribution < 1.29 is 18.9 Å². The van der Waals surface area contributed by atoms with Crippen molar-refractivity contribution >= 4 is 0 Å². The largest absolute Gasteiger partial charge is 0.490 e. The van der Waals surface area contributed by atoms with Gasteiger partial charge in [-0.15, -0.1) is 0 Å². The van der Waals surface area contributed by atoms with E-state index in [2.05, 4.69) is 0 Å². The van der Waals surface area contributed by atoms with E-state index < -0.39 is 0 Å². The Kier molecular flexibility index (Phi) is 5.33. The van der Waals surface area contributed by atoms with E-state index in [0.29, 0.717) is 44.5 Å². The molecule has 0 radical (unpaired) electrons. The summed E-state index contributed by atoms with van der Waals surface area (Å²) in [4.78, 5) is 12.7. The van der Waals surface area contributed by atoms with Crippen molar-refractivity contribution in [2.24, 2.45) is 0 Å². The van der Waals surface area contributed by atoms with Crippen LogP contribution in [0.1, 0.15) is 11.1 Å². The molecule has 4 rings (SSSR count). The van der Waals surface area contributed by atoms with Gasteiger partial charge in [0.2, 0.25) is 0 Å². The second-order valence-corrected chi connectivity index (χ2v) is 6.87. The molecule has 1 atom stereocenters. The molecule has 2 aliphatic rings. The Bertz CT molecular complexity index is 970. The molecule has 0 bridgehead atoms. The fraction of sp³-hybridized carbons (Fsp3) is 0.429. The molecule has 2 aliphatic heterocycles. The van der Waals surface area contributed by atoms with Gasteiger partial charge >= 0.3 is 0 Å². The molecule has 2 aromatic rings. The number of aromatic nitrogens is 1. The van der Waals surface area contributed by atoms with E-state index in [1.54, 1.807) is 10.6 Å². The minimum atomic E-state index is -0.126. The molecule has 1 fully saturated rings. The molecule has 0 amide bonds. The zero-order valence-electron chi connectivity index (χ0n) is 15.8. The number of hydrogen-bond acceptors (Lipinski definition) is 6. The van der Waals surface area contributed by atoms with Crippen molar-refractivity contribution in [3.8, 4) is 28.8 Å².